The molecule has 0 fully saturated rings. The van der Waals surface area contributed by atoms with Gasteiger partial charge in [0.2, 0.25) is 0 Å². The van der Waals surface area contributed by atoms with Crippen LogP contribution < -0.4 is 5.32 Å². The van der Waals surface area contributed by atoms with Gasteiger partial charge in [-0.3, -0.25) is 15.2 Å². The Balaban J connectivity index is 1.41. The zero-order valence-corrected chi connectivity index (χ0v) is 17.0. The lowest BCUT2D eigenvalue weighted by Gasteiger charge is -2.04. The van der Waals surface area contributed by atoms with Gasteiger partial charge in [-0.25, -0.2) is 14.4 Å². The smallest absolute Gasteiger partial charge is 0.257 e. The number of H-pyrrole nitrogens is 1. The second-order valence-electron chi connectivity index (χ2n) is 6.16. The standard InChI is InChI=1S/C20H16FN5OS2/c1-12-17(14-6-8-16(21)9-7-14)24-20(29-12)25-18(27)15-4-2-13(3-5-15)10-28-19-22-11-23-26-19/h2-9,11H,10H2,1H3,(H,22,23,26)(H,24,25,27). The molecule has 29 heavy (non-hydrogen) atoms. The second kappa shape index (κ2) is 8.54. The molecule has 0 radical (unpaired) electrons. The van der Waals surface area contributed by atoms with E-state index < -0.39 is 0 Å². The number of anilines is 1. The van der Waals surface area contributed by atoms with Gasteiger partial charge in [0.25, 0.3) is 5.91 Å². The summed E-state index contributed by atoms with van der Waals surface area (Å²) >= 11 is 2.93. The molecule has 1 amide bonds. The van der Waals surface area contributed by atoms with E-state index >= 15 is 0 Å². The number of thiazole rings is 1. The molecule has 6 nitrogen and oxygen atoms in total. The molecule has 0 saturated carbocycles. The number of halogens is 1. The highest BCUT2D eigenvalue weighted by atomic mass is 32.2. The highest BCUT2D eigenvalue weighted by Gasteiger charge is 2.13. The van der Waals surface area contributed by atoms with Gasteiger partial charge in [0, 0.05) is 21.8 Å². The summed E-state index contributed by atoms with van der Waals surface area (Å²) in [5.41, 5.74) is 3.18. The number of aromatic nitrogens is 4. The second-order valence-corrected chi connectivity index (χ2v) is 8.33. The number of aromatic amines is 1. The number of amides is 1. The fourth-order valence-corrected chi connectivity index (χ4v) is 4.23. The topological polar surface area (TPSA) is 83.6 Å². The van der Waals surface area contributed by atoms with Gasteiger partial charge in [0.05, 0.1) is 5.69 Å². The van der Waals surface area contributed by atoms with Crippen molar-refractivity contribution in [2.45, 2.75) is 17.8 Å². The highest BCUT2D eigenvalue weighted by Crippen LogP contribution is 2.30. The lowest BCUT2D eigenvalue weighted by Crippen LogP contribution is -2.11. The minimum absolute atomic E-state index is 0.223. The highest BCUT2D eigenvalue weighted by molar-refractivity contribution is 7.98. The van der Waals surface area contributed by atoms with Crippen molar-refractivity contribution in [3.8, 4) is 11.3 Å². The van der Waals surface area contributed by atoms with Crippen LogP contribution >= 0.6 is 23.1 Å². The van der Waals surface area contributed by atoms with Crippen molar-refractivity contribution in [2.75, 3.05) is 5.32 Å². The first-order valence-electron chi connectivity index (χ1n) is 8.70. The molecule has 0 unspecified atom stereocenters. The third-order valence-electron chi connectivity index (χ3n) is 4.12. The Morgan fingerprint density at radius 3 is 2.62 bits per heavy atom. The Morgan fingerprint density at radius 2 is 1.93 bits per heavy atom. The predicted octanol–water partition coefficient (Wildman–Crippen LogP) is 4.92. The quantitative estimate of drug-likeness (QED) is 0.429. The summed E-state index contributed by atoms with van der Waals surface area (Å²) < 4.78 is 13.1. The van der Waals surface area contributed by atoms with Crippen molar-refractivity contribution in [1.29, 1.82) is 0 Å². The molecule has 0 saturated heterocycles. The monoisotopic (exact) mass is 425 g/mol. The zero-order valence-electron chi connectivity index (χ0n) is 15.3. The molecule has 0 aliphatic carbocycles. The van der Waals surface area contributed by atoms with Crippen LogP contribution in [-0.2, 0) is 5.75 Å². The van der Waals surface area contributed by atoms with Crippen molar-refractivity contribution < 1.29 is 9.18 Å². The molecule has 0 atom stereocenters. The maximum atomic E-state index is 13.1. The molecule has 4 aromatic rings. The van der Waals surface area contributed by atoms with Crippen LogP contribution in [0.2, 0.25) is 0 Å². The van der Waals surface area contributed by atoms with E-state index in [1.807, 2.05) is 19.1 Å². The van der Waals surface area contributed by atoms with E-state index in [4.69, 9.17) is 0 Å². The van der Waals surface area contributed by atoms with Crippen LogP contribution in [0.5, 0.6) is 0 Å². The fourth-order valence-electron chi connectivity index (χ4n) is 2.66. The van der Waals surface area contributed by atoms with Crippen molar-refractivity contribution >= 4 is 34.1 Å². The van der Waals surface area contributed by atoms with Crippen LogP contribution in [0, 0.1) is 12.7 Å². The van der Waals surface area contributed by atoms with E-state index in [0.717, 1.165) is 32.6 Å². The normalized spacial score (nSPS) is 10.8. The van der Waals surface area contributed by atoms with Gasteiger partial charge in [-0.15, -0.1) is 11.3 Å². The first-order chi connectivity index (χ1) is 14.1. The molecule has 2 N–H and O–H groups in total. The summed E-state index contributed by atoms with van der Waals surface area (Å²) in [4.78, 5) is 22.1. The number of aryl methyl sites for hydroxylation is 1. The Morgan fingerprint density at radius 1 is 1.17 bits per heavy atom. The van der Waals surface area contributed by atoms with Crippen LogP contribution in [-0.4, -0.2) is 26.1 Å². The van der Waals surface area contributed by atoms with E-state index in [9.17, 15) is 9.18 Å². The minimum atomic E-state index is -0.294. The van der Waals surface area contributed by atoms with Crippen molar-refractivity contribution in [2.24, 2.45) is 0 Å². The van der Waals surface area contributed by atoms with Crippen LogP contribution in [0.25, 0.3) is 11.3 Å². The number of carbonyl (C=O) groups is 1. The number of carbonyl (C=O) groups excluding carboxylic acids is 1. The summed E-state index contributed by atoms with van der Waals surface area (Å²) in [6.45, 7) is 1.92. The average molecular weight is 426 g/mol. The van der Waals surface area contributed by atoms with E-state index in [-0.39, 0.29) is 11.7 Å². The van der Waals surface area contributed by atoms with Crippen molar-refractivity contribution in [1.82, 2.24) is 20.2 Å². The predicted molar refractivity (Wildman–Crippen MR) is 113 cm³/mol. The van der Waals surface area contributed by atoms with E-state index in [2.05, 4.69) is 25.5 Å². The molecule has 146 valence electrons. The van der Waals surface area contributed by atoms with Crippen LogP contribution in [0.4, 0.5) is 9.52 Å². The molecule has 0 aliphatic heterocycles. The average Bonchev–Trinajstić information content (AvgIpc) is 3.37. The van der Waals surface area contributed by atoms with Crippen molar-refractivity contribution in [3.05, 3.63) is 76.7 Å². The first-order valence-corrected chi connectivity index (χ1v) is 10.5. The third kappa shape index (κ3) is 4.69. The number of benzene rings is 2. The third-order valence-corrected chi connectivity index (χ3v) is 5.95. The number of rotatable bonds is 6. The molecule has 9 heteroatoms. The van der Waals surface area contributed by atoms with E-state index in [1.165, 1.54) is 41.6 Å². The van der Waals surface area contributed by atoms with Crippen molar-refractivity contribution in [3.63, 3.8) is 0 Å². The van der Waals surface area contributed by atoms with Gasteiger partial charge in [-0.1, -0.05) is 23.9 Å². The Labute approximate surface area is 174 Å². The van der Waals surface area contributed by atoms with Gasteiger partial charge >= 0.3 is 0 Å². The first kappa shape index (κ1) is 19.3. The summed E-state index contributed by atoms with van der Waals surface area (Å²) in [5, 5.41) is 10.7. The summed E-state index contributed by atoms with van der Waals surface area (Å²) in [6.07, 6.45) is 1.47. The van der Waals surface area contributed by atoms with Gasteiger partial charge in [0.15, 0.2) is 10.3 Å². The largest absolute Gasteiger partial charge is 0.298 e. The number of nitrogens with zero attached hydrogens (tertiary/aromatic N) is 3. The molecule has 2 aromatic heterocycles. The van der Waals surface area contributed by atoms with Gasteiger partial charge in [-0.2, -0.15) is 5.10 Å². The molecule has 0 spiro atoms. The van der Waals surface area contributed by atoms with Crippen LogP contribution in [0.1, 0.15) is 20.8 Å². The maximum absolute atomic E-state index is 13.1. The van der Waals surface area contributed by atoms with E-state index in [0.29, 0.717) is 10.7 Å². The lowest BCUT2D eigenvalue weighted by molar-refractivity contribution is 0.102. The lowest BCUT2D eigenvalue weighted by atomic mass is 10.1. The Kier molecular flexibility index (Phi) is 5.68. The molecule has 2 aromatic carbocycles. The summed E-state index contributed by atoms with van der Waals surface area (Å²) in [7, 11) is 0. The number of nitrogens with one attached hydrogen (secondary N) is 2. The summed E-state index contributed by atoms with van der Waals surface area (Å²) in [5.74, 6) is 0.209. The molecule has 4 rings (SSSR count). The van der Waals surface area contributed by atoms with Gasteiger partial charge < -0.3 is 0 Å². The maximum Gasteiger partial charge on any atom is 0.257 e. The fraction of sp³-hybridized carbons (Fsp3) is 0.100. The Bertz CT molecular complexity index is 1110. The van der Waals surface area contributed by atoms with Gasteiger partial charge in [0.1, 0.15) is 12.1 Å². The molecule has 0 aliphatic rings. The molecular formula is C20H16FN5OS2. The molecule has 2 heterocycles. The number of hydrogen-bond donors (Lipinski definition) is 2. The molecular weight excluding hydrogens is 409 g/mol. The SMILES string of the molecule is Cc1sc(NC(=O)c2ccc(CSc3ncn[nH]3)cc2)nc1-c1ccc(F)cc1. The van der Waals surface area contributed by atoms with Crippen LogP contribution in [0.15, 0.2) is 60.0 Å². The molecule has 0 bridgehead atoms. The minimum Gasteiger partial charge on any atom is -0.298 e. The number of hydrogen-bond acceptors (Lipinski definition) is 6. The number of thioether (sulfide) groups is 1. The Hall–Kier alpha value is -3.04. The summed E-state index contributed by atoms with van der Waals surface area (Å²) in [6, 6.07) is 13.5. The van der Waals surface area contributed by atoms with Crippen LogP contribution in [0.3, 0.4) is 0 Å². The van der Waals surface area contributed by atoms with Gasteiger partial charge in [-0.05, 0) is 48.9 Å². The van der Waals surface area contributed by atoms with E-state index in [1.54, 1.807) is 24.3 Å². The zero-order chi connectivity index (χ0) is 20.2.